The van der Waals surface area contributed by atoms with E-state index in [0.29, 0.717) is 11.8 Å². The van der Waals surface area contributed by atoms with E-state index < -0.39 is 0 Å². The topological polar surface area (TPSA) is 28.7 Å². The molecule has 0 amide bonds. The van der Waals surface area contributed by atoms with Gasteiger partial charge in [0.1, 0.15) is 10.5 Å². The molecule has 0 bridgehead atoms. The first-order valence-electron chi connectivity index (χ1n) is 5.20. The third-order valence-corrected chi connectivity index (χ3v) is 3.15. The average Bonchev–Trinajstić information content (AvgIpc) is 2.91. The summed E-state index contributed by atoms with van der Waals surface area (Å²) in [4.78, 5) is 7.87. The third-order valence-electron chi connectivity index (χ3n) is 2.75. The third kappa shape index (κ3) is 1.73. The summed E-state index contributed by atoms with van der Waals surface area (Å²) >= 11 is 5.26. The highest BCUT2D eigenvalue weighted by Gasteiger charge is 2.26. The van der Waals surface area contributed by atoms with Gasteiger partial charge in [-0.25, -0.2) is 4.98 Å². The Hall–Kier alpha value is -0.700. The van der Waals surface area contributed by atoms with Crippen LogP contribution < -0.4 is 0 Å². The zero-order valence-corrected chi connectivity index (χ0v) is 9.74. The number of hydrogen-bond acceptors (Lipinski definition) is 2. The van der Waals surface area contributed by atoms with Crippen LogP contribution in [0.15, 0.2) is 0 Å². The molecule has 0 radical (unpaired) electrons. The normalized spacial score (nSPS) is 16.3. The first kappa shape index (κ1) is 9.84. The molecule has 1 saturated carbocycles. The molecule has 1 N–H and O–H groups in total. The zero-order chi connectivity index (χ0) is 10.3. The molecule has 0 aliphatic heterocycles. The van der Waals surface area contributed by atoms with Crippen molar-refractivity contribution in [3.05, 3.63) is 21.7 Å². The highest BCUT2D eigenvalue weighted by Crippen LogP contribution is 2.38. The van der Waals surface area contributed by atoms with Crippen LogP contribution in [-0.4, -0.2) is 9.97 Å². The maximum Gasteiger partial charge on any atom is 0.132 e. The second kappa shape index (κ2) is 3.46. The van der Waals surface area contributed by atoms with E-state index >= 15 is 0 Å². The molecule has 0 spiro atoms. The summed E-state index contributed by atoms with van der Waals surface area (Å²) < 4.78 is 0.773. The summed E-state index contributed by atoms with van der Waals surface area (Å²) in [5.41, 5.74) is 2.39. The van der Waals surface area contributed by atoms with Gasteiger partial charge in [0.05, 0.1) is 0 Å². The standard InChI is InChI=1S/C11H16N2S/c1-6(2)9-7(3)11(14)13-10(12-9)8-4-5-8/h6,8H,4-5H2,1-3H3,(H,12,13,14). The minimum atomic E-state index is 0.497. The fraction of sp³-hybridized carbons (Fsp3) is 0.636. The van der Waals surface area contributed by atoms with E-state index in [1.54, 1.807) is 0 Å². The Morgan fingerprint density at radius 3 is 2.57 bits per heavy atom. The number of rotatable bonds is 2. The van der Waals surface area contributed by atoms with Gasteiger partial charge in [0, 0.05) is 17.2 Å². The molecule has 0 unspecified atom stereocenters. The number of nitrogens with zero attached hydrogens (tertiary/aromatic N) is 1. The number of aromatic nitrogens is 2. The van der Waals surface area contributed by atoms with Gasteiger partial charge in [-0.3, -0.25) is 0 Å². The van der Waals surface area contributed by atoms with Crippen LogP contribution in [0.2, 0.25) is 0 Å². The molecule has 1 aromatic rings. The Balaban J connectivity index is 2.52. The predicted molar refractivity (Wildman–Crippen MR) is 60.2 cm³/mol. The molecule has 1 aliphatic rings. The summed E-state index contributed by atoms with van der Waals surface area (Å²) in [5, 5.41) is 0. The van der Waals surface area contributed by atoms with Gasteiger partial charge in [-0.2, -0.15) is 0 Å². The first-order chi connectivity index (χ1) is 6.59. The van der Waals surface area contributed by atoms with Crippen molar-refractivity contribution in [3.8, 4) is 0 Å². The van der Waals surface area contributed by atoms with Crippen molar-refractivity contribution < 1.29 is 0 Å². The van der Waals surface area contributed by atoms with E-state index in [9.17, 15) is 0 Å². The monoisotopic (exact) mass is 208 g/mol. The van der Waals surface area contributed by atoms with E-state index in [1.165, 1.54) is 18.5 Å². The maximum atomic E-state index is 5.26. The van der Waals surface area contributed by atoms with Gasteiger partial charge in [0.15, 0.2) is 0 Å². The molecule has 76 valence electrons. The molecule has 3 heteroatoms. The number of H-pyrrole nitrogens is 1. The van der Waals surface area contributed by atoms with Gasteiger partial charge in [-0.1, -0.05) is 26.1 Å². The molecule has 14 heavy (non-hydrogen) atoms. The molecule has 0 saturated heterocycles. The van der Waals surface area contributed by atoms with Crippen molar-refractivity contribution >= 4 is 12.2 Å². The molecular formula is C11H16N2S. The zero-order valence-electron chi connectivity index (χ0n) is 8.92. The van der Waals surface area contributed by atoms with E-state index in [-0.39, 0.29) is 0 Å². The quantitative estimate of drug-likeness (QED) is 0.754. The lowest BCUT2D eigenvalue weighted by atomic mass is 10.1. The van der Waals surface area contributed by atoms with Gasteiger partial charge < -0.3 is 4.98 Å². The van der Waals surface area contributed by atoms with Crippen LogP contribution in [0.5, 0.6) is 0 Å². The van der Waals surface area contributed by atoms with Crippen molar-refractivity contribution in [2.24, 2.45) is 0 Å². The summed E-state index contributed by atoms with van der Waals surface area (Å²) in [5.74, 6) is 2.25. The van der Waals surface area contributed by atoms with Crippen molar-refractivity contribution in [1.82, 2.24) is 9.97 Å². The van der Waals surface area contributed by atoms with Crippen molar-refractivity contribution in [2.75, 3.05) is 0 Å². The predicted octanol–water partition coefficient (Wildman–Crippen LogP) is 3.45. The van der Waals surface area contributed by atoms with Crippen molar-refractivity contribution in [3.63, 3.8) is 0 Å². The molecule has 1 heterocycles. The van der Waals surface area contributed by atoms with Crippen LogP contribution in [0.1, 0.15) is 55.6 Å². The van der Waals surface area contributed by atoms with Gasteiger partial charge >= 0.3 is 0 Å². The van der Waals surface area contributed by atoms with Crippen molar-refractivity contribution in [1.29, 1.82) is 0 Å². The van der Waals surface area contributed by atoms with Gasteiger partial charge in [0.25, 0.3) is 0 Å². The van der Waals surface area contributed by atoms with E-state index in [1.807, 2.05) is 0 Å². The lowest BCUT2D eigenvalue weighted by Gasteiger charge is -2.11. The van der Waals surface area contributed by atoms with Crippen LogP contribution in [0.4, 0.5) is 0 Å². The fourth-order valence-corrected chi connectivity index (χ4v) is 1.90. The molecule has 1 fully saturated rings. The molecular weight excluding hydrogens is 192 g/mol. The Kier molecular flexibility index (Phi) is 2.43. The lowest BCUT2D eigenvalue weighted by molar-refractivity contribution is 0.768. The fourth-order valence-electron chi connectivity index (χ4n) is 1.70. The molecule has 2 nitrogen and oxygen atoms in total. The van der Waals surface area contributed by atoms with Gasteiger partial charge in [-0.05, 0) is 25.7 Å². The van der Waals surface area contributed by atoms with Crippen LogP contribution in [0.25, 0.3) is 0 Å². The Morgan fingerprint density at radius 2 is 2.07 bits per heavy atom. The Morgan fingerprint density at radius 1 is 1.43 bits per heavy atom. The highest BCUT2D eigenvalue weighted by molar-refractivity contribution is 7.71. The van der Waals surface area contributed by atoms with Crippen LogP contribution in [-0.2, 0) is 0 Å². The SMILES string of the molecule is Cc1c(C(C)C)[nH]c(C2CC2)nc1=S. The molecule has 0 atom stereocenters. The summed E-state index contributed by atoms with van der Waals surface area (Å²) in [6.07, 6.45) is 2.53. The smallest absolute Gasteiger partial charge is 0.132 e. The van der Waals surface area contributed by atoms with Crippen LogP contribution in [0.3, 0.4) is 0 Å². The van der Waals surface area contributed by atoms with E-state index in [4.69, 9.17) is 12.2 Å². The van der Waals surface area contributed by atoms with Gasteiger partial charge in [-0.15, -0.1) is 0 Å². The summed E-state index contributed by atoms with van der Waals surface area (Å²) in [6.45, 7) is 6.42. The second-order valence-corrected chi connectivity index (χ2v) is 4.78. The van der Waals surface area contributed by atoms with Gasteiger partial charge in [0.2, 0.25) is 0 Å². The minimum Gasteiger partial charge on any atom is -0.346 e. The molecule has 1 aromatic heterocycles. The van der Waals surface area contributed by atoms with E-state index in [2.05, 4.69) is 30.7 Å². The van der Waals surface area contributed by atoms with Crippen LogP contribution in [0, 0.1) is 11.6 Å². The second-order valence-electron chi connectivity index (χ2n) is 4.39. The summed E-state index contributed by atoms with van der Waals surface area (Å²) in [6, 6.07) is 0. The average molecular weight is 208 g/mol. The number of nitrogens with one attached hydrogen (secondary N) is 1. The lowest BCUT2D eigenvalue weighted by Crippen LogP contribution is -2.03. The summed E-state index contributed by atoms with van der Waals surface area (Å²) in [7, 11) is 0. The van der Waals surface area contributed by atoms with E-state index in [0.717, 1.165) is 16.0 Å². The largest absolute Gasteiger partial charge is 0.346 e. The number of hydrogen-bond donors (Lipinski definition) is 1. The molecule has 1 aliphatic carbocycles. The van der Waals surface area contributed by atoms with Crippen molar-refractivity contribution in [2.45, 2.75) is 45.4 Å². The highest BCUT2D eigenvalue weighted by atomic mass is 32.1. The number of aromatic amines is 1. The first-order valence-corrected chi connectivity index (χ1v) is 5.61. The molecule has 2 rings (SSSR count). The van der Waals surface area contributed by atoms with Crippen LogP contribution >= 0.6 is 12.2 Å². The Bertz CT molecular complexity index is 402. The Labute approximate surface area is 89.8 Å². The minimum absolute atomic E-state index is 0.497. The molecule has 0 aromatic carbocycles. The maximum absolute atomic E-state index is 5.26.